The minimum Gasteiger partial charge on any atom is -0.459 e. The molecule has 0 fully saturated rings. The second-order valence-electron chi connectivity index (χ2n) is 4.69. The molecule has 0 unspecified atom stereocenters. The summed E-state index contributed by atoms with van der Waals surface area (Å²) in [6, 6.07) is 1.06. The maximum atomic E-state index is 13.2. The normalized spacial score (nSPS) is 11.2. The maximum Gasteiger partial charge on any atom is 0.325 e. The van der Waals surface area contributed by atoms with E-state index in [-0.39, 0.29) is 12.2 Å². The van der Waals surface area contributed by atoms with Gasteiger partial charge in [-0.2, -0.15) is 0 Å². The van der Waals surface area contributed by atoms with Crippen LogP contribution in [0, 0.1) is 17.5 Å². The first-order valence-electron chi connectivity index (χ1n) is 5.29. The van der Waals surface area contributed by atoms with Crippen LogP contribution in [0.2, 0.25) is 0 Å². The number of esters is 1. The Bertz CT molecular complexity index is 455. The molecule has 0 spiro atoms. The zero-order valence-corrected chi connectivity index (χ0v) is 10.3. The van der Waals surface area contributed by atoms with Gasteiger partial charge in [0.2, 0.25) is 0 Å². The Hall–Kier alpha value is -1.72. The van der Waals surface area contributed by atoms with Crippen LogP contribution < -0.4 is 5.32 Å². The molecule has 1 aromatic rings. The van der Waals surface area contributed by atoms with Gasteiger partial charge < -0.3 is 10.1 Å². The summed E-state index contributed by atoms with van der Waals surface area (Å²) in [6.45, 7) is 4.72. The van der Waals surface area contributed by atoms with Crippen molar-refractivity contribution in [2.24, 2.45) is 0 Å². The molecule has 0 radical (unpaired) electrons. The predicted octanol–water partition coefficient (Wildman–Crippen LogP) is 2.86. The number of rotatable bonds is 3. The summed E-state index contributed by atoms with van der Waals surface area (Å²) in [5.74, 6) is -4.07. The van der Waals surface area contributed by atoms with Crippen molar-refractivity contribution >= 4 is 11.7 Å². The van der Waals surface area contributed by atoms with E-state index in [1.807, 2.05) is 0 Å². The molecule has 100 valence electrons. The molecular formula is C12H14F3NO2. The average Bonchev–Trinajstić information content (AvgIpc) is 2.19. The van der Waals surface area contributed by atoms with Crippen LogP contribution in [-0.4, -0.2) is 18.1 Å². The molecule has 0 saturated carbocycles. The molecule has 1 aromatic carbocycles. The van der Waals surface area contributed by atoms with Crippen molar-refractivity contribution in [1.82, 2.24) is 0 Å². The highest BCUT2D eigenvalue weighted by Crippen LogP contribution is 2.18. The summed E-state index contributed by atoms with van der Waals surface area (Å²) >= 11 is 0. The standard InChI is InChI=1S/C12H14F3NO2/c1-12(2,3)18-11(17)6-16-10-5-8(14)7(13)4-9(10)15/h4-5,16H,6H2,1-3H3. The summed E-state index contributed by atoms with van der Waals surface area (Å²) in [5, 5.41) is 2.35. The monoisotopic (exact) mass is 261 g/mol. The number of benzene rings is 1. The summed E-state index contributed by atoms with van der Waals surface area (Å²) in [4.78, 5) is 11.3. The first-order valence-corrected chi connectivity index (χ1v) is 5.29. The van der Waals surface area contributed by atoms with Crippen molar-refractivity contribution < 1.29 is 22.7 Å². The smallest absolute Gasteiger partial charge is 0.325 e. The van der Waals surface area contributed by atoms with Crippen molar-refractivity contribution in [3.05, 3.63) is 29.6 Å². The highest BCUT2D eigenvalue weighted by molar-refractivity contribution is 5.75. The SMILES string of the molecule is CC(C)(C)OC(=O)CNc1cc(F)c(F)cc1F. The molecule has 0 heterocycles. The zero-order chi connectivity index (χ0) is 13.9. The van der Waals surface area contributed by atoms with Gasteiger partial charge in [0, 0.05) is 12.1 Å². The number of carbonyl (C=O) groups excluding carboxylic acids is 1. The van der Waals surface area contributed by atoms with Crippen LogP contribution in [0.15, 0.2) is 12.1 Å². The molecule has 0 aliphatic carbocycles. The number of halogens is 3. The Labute approximate surface area is 103 Å². The fraction of sp³-hybridized carbons (Fsp3) is 0.417. The van der Waals surface area contributed by atoms with Gasteiger partial charge in [-0.3, -0.25) is 4.79 Å². The van der Waals surface area contributed by atoms with Crippen molar-refractivity contribution in [2.45, 2.75) is 26.4 Å². The maximum absolute atomic E-state index is 13.2. The van der Waals surface area contributed by atoms with Gasteiger partial charge in [0.1, 0.15) is 18.0 Å². The summed E-state index contributed by atoms with van der Waals surface area (Å²) in [7, 11) is 0. The summed E-state index contributed by atoms with van der Waals surface area (Å²) in [5.41, 5.74) is -0.953. The van der Waals surface area contributed by atoms with Gasteiger partial charge in [0.25, 0.3) is 0 Å². The molecule has 0 aromatic heterocycles. The molecule has 6 heteroatoms. The third-order valence-corrected chi connectivity index (χ3v) is 1.85. The van der Waals surface area contributed by atoms with E-state index in [1.54, 1.807) is 20.8 Å². The topological polar surface area (TPSA) is 38.3 Å². The number of ether oxygens (including phenoxy) is 1. The molecule has 0 saturated heterocycles. The lowest BCUT2D eigenvalue weighted by atomic mass is 10.2. The van der Waals surface area contributed by atoms with Crippen LogP contribution in [0.5, 0.6) is 0 Å². The van der Waals surface area contributed by atoms with Gasteiger partial charge in [-0.1, -0.05) is 0 Å². The van der Waals surface area contributed by atoms with Gasteiger partial charge >= 0.3 is 5.97 Å². The second kappa shape index (κ2) is 5.29. The summed E-state index contributed by atoms with van der Waals surface area (Å²) < 4.78 is 43.7. The van der Waals surface area contributed by atoms with E-state index in [2.05, 4.69) is 5.32 Å². The van der Waals surface area contributed by atoms with Gasteiger partial charge in [-0.15, -0.1) is 0 Å². The molecule has 1 N–H and O–H groups in total. The van der Waals surface area contributed by atoms with Crippen molar-refractivity contribution in [3.8, 4) is 0 Å². The molecule has 3 nitrogen and oxygen atoms in total. The lowest BCUT2D eigenvalue weighted by Gasteiger charge is -2.19. The number of nitrogens with one attached hydrogen (secondary N) is 1. The molecule has 0 bridgehead atoms. The van der Waals surface area contributed by atoms with E-state index < -0.39 is 29.0 Å². The van der Waals surface area contributed by atoms with Crippen LogP contribution in [0.1, 0.15) is 20.8 Å². The number of anilines is 1. The molecule has 0 aliphatic heterocycles. The largest absolute Gasteiger partial charge is 0.459 e. The van der Waals surface area contributed by atoms with Gasteiger partial charge in [-0.05, 0) is 20.8 Å². The van der Waals surface area contributed by atoms with E-state index in [0.29, 0.717) is 12.1 Å². The Kier molecular flexibility index (Phi) is 4.21. The Morgan fingerprint density at radius 1 is 1.17 bits per heavy atom. The van der Waals surface area contributed by atoms with E-state index in [0.717, 1.165) is 0 Å². The molecule has 0 atom stereocenters. The lowest BCUT2D eigenvalue weighted by molar-refractivity contribution is -0.152. The van der Waals surface area contributed by atoms with Crippen LogP contribution >= 0.6 is 0 Å². The fourth-order valence-corrected chi connectivity index (χ4v) is 1.20. The van der Waals surface area contributed by atoms with Gasteiger partial charge in [0.05, 0.1) is 5.69 Å². The number of carbonyl (C=O) groups is 1. The van der Waals surface area contributed by atoms with Gasteiger partial charge in [-0.25, -0.2) is 13.2 Å². The Balaban J connectivity index is 2.64. The first-order chi connectivity index (χ1) is 8.19. The van der Waals surface area contributed by atoms with Crippen LogP contribution in [0.25, 0.3) is 0 Å². The van der Waals surface area contributed by atoms with Crippen molar-refractivity contribution in [2.75, 3.05) is 11.9 Å². The van der Waals surface area contributed by atoms with Crippen LogP contribution in [0.3, 0.4) is 0 Å². The zero-order valence-electron chi connectivity index (χ0n) is 10.3. The predicted molar refractivity (Wildman–Crippen MR) is 60.7 cm³/mol. The quantitative estimate of drug-likeness (QED) is 0.671. The third-order valence-electron chi connectivity index (χ3n) is 1.85. The highest BCUT2D eigenvalue weighted by atomic mass is 19.2. The first kappa shape index (κ1) is 14.3. The third kappa shape index (κ3) is 4.27. The van der Waals surface area contributed by atoms with Gasteiger partial charge in [0.15, 0.2) is 11.6 Å². The second-order valence-corrected chi connectivity index (χ2v) is 4.69. The fourth-order valence-electron chi connectivity index (χ4n) is 1.20. The minimum atomic E-state index is -1.28. The van der Waals surface area contributed by atoms with Crippen molar-refractivity contribution in [1.29, 1.82) is 0 Å². The van der Waals surface area contributed by atoms with E-state index in [9.17, 15) is 18.0 Å². The molecular weight excluding hydrogens is 247 g/mol. The minimum absolute atomic E-state index is 0.292. The summed E-state index contributed by atoms with van der Waals surface area (Å²) in [6.07, 6.45) is 0. The van der Waals surface area contributed by atoms with E-state index in [4.69, 9.17) is 4.74 Å². The van der Waals surface area contributed by atoms with E-state index >= 15 is 0 Å². The van der Waals surface area contributed by atoms with Crippen molar-refractivity contribution in [3.63, 3.8) is 0 Å². The van der Waals surface area contributed by atoms with E-state index in [1.165, 1.54) is 0 Å². The van der Waals surface area contributed by atoms with Crippen LogP contribution in [-0.2, 0) is 9.53 Å². The molecule has 18 heavy (non-hydrogen) atoms. The number of hydrogen-bond acceptors (Lipinski definition) is 3. The molecule has 1 rings (SSSR count). The Morgan fingerprint density at radius 2 is 1.72 bits per heavy atom. The molecule has 0 aliphatic rings. The van der Waals surface area contributed by atoms with Crippen LogP contribution in [0.4, 0.5) is 18.9 Å². The lowest BCUT2D eigenvalue weighted by Crippen LogP contribution is -2.28. The highest BCUT2D eigenvalue weighted by Gasteiger charge is 2.17. The average molecular weight is 261 g/mol. The number of hydrogen-bond donors (Lipinski definition) is 1. The Morgan fingerprint density at radius 3 is 2.28 bits per heavy atom. The molecule has 0 amide bonds.